The van der Waals surface area contributed by atoms with Crippen LogP contribution >= 0.6 is 0 Å². The Labute approximate surface area is 217 Å². The number of hydrogen-bond donors (Lipinski definition) is 3. The normalized spacial score (nSPS) is 11.3. The van der Waals surface area contributed by atoms with Crippen molar-refractivity contribution in [2.75, 3.05) is 17.7 Å². The second-order valence-corrected chi connectivity index (χ2v) is 7.94. The summed E-state index contributed by atoms with van der Waals surface area (Å²) in [5.74, 6) is -2.03. The van der Waals surface area contributed by atoms with Crippen molar-refractivity contribution in [3.63, 3.8) is 0 Å². The molecule has 0 aliphatic carbocycles. The van der Waals surface area contributed by atoms with E-state index in [9.17, 15) is 22.4 Å². The number of carbonyl (C=O) groups is 1. The number of imidazole rings is 1. The molecule has 2 aromatic carbocycles. The van der Waals surface area contributed by atoms with Gasteiger partial charge in [-0.25, -0.2) is 24.3 Å². The third kappa shape index (κ3) is 5.69. The van der Waals surface area contributed by atoms with E-state index in [1.807, 2.05) is 0 Å². The van der Waals surface area contributed by atoms with E-state index in [0.29, 0.717) is 33.9 Å². The minimum Gasteiger partial charge on any atom is -0.497 e. The Hall–Kier alpha value is -5.27. The summed E-state index contributed by atoms with van der Waals surface area (Å²) in [6.07, 6.45) is -0.570. The minimum atomic E-state index is -4.98. The summed E-state index contributed by atoms with van der Waals surface area (Å²) in [5.41, 5.74) is 2.01. The van der Waals surface area contributed by atoms with Crippen LogP contribution in [-0.4, -0.2) is 44.3 Å². The number of benzene rings is 2. The van der Waals surface area contributed by atoms with Crippen molar-refractivity contribution in [1.29, 1.82) is 0 Å². The molecule has 0 fully saturated rings. The van der Waals surface area contributed by atoms with E-state index in [0.717, 1.165) is 18.2 Å². The predicted octanol–water partition coefficient (Wildman–Crippen LogP) is 5.46. The summed E-state index contributed by atoms with van der Waals surface area (Å²) in [7, 11) is 1.22. The third-order valence-electron chi connectivity index (χ3n) is 5.37. The minimum absolute atomic E-state index is 0.0591. The van der Waals surface area contributed by atoms with Crippen LogP contribution in [0.3, 0.4) is 0 Å². The van der Waals surface area contributed by atoms with Crippen molar-refractivity contribution >= 4 is 34.3 Å². The fraction of sp³-hybridized carbons (Fsp3) is 0.0800. The Morgan fingerprint density at radius 2 is 1.82 bits per heavy atom. The van der Waals surface area contributed by atoms with Crippen LogP contribution in [0.4, 0.5) is 34.8 Å². The molecular formula is C25H17F4N7O3. The van der Waals surface area contributed by atoms with Gasteiger partial charge in [-0.1, -0.05) is 0 Å². The van der Waals surface area contributed by atoms with Gasteiger partial charge in [0.05, 0.1) is 19.1 Å². The van der Waals surface area contributed by atoms with Gasteiger partial charge in [0.25, 0.3) is 5.91 Å². The fourth-order valence-electron chi connectivity index (χ4n) is 3.70. The highest BCUT2D eigenvalue weighted by molar-refractivity contribution is 6.05. The Balaban J connectivity index is 1.42. The number of aromatic nitrogens is 5. The Kier molecular flexibility index (Phi) is 6.66. The maximum Gasteiger partial charge on any atom is 0.573 e. The van der Waals surface area contributed by atoms with E-state index >= 15 is 0 Å². The smallest absolute Gasteiger partial charge is 0.497 e. The SMILES string of the molecule is COc1cc(OC(F)(F)F)cc(C(=O)Nc2cc(Nc3ncccc3-c3ncnc4[nH]cnc34)ccc2F)c1. The second-order valence-electron chi connectivity index (χ2n) is 7.94. The van der Waals surface area contributed by atoms with Gasteiger partial charge >= 0.3 is 6.36 Å². The number of halogens is 4. The molecule has 0 atom stereocenters. The van der Waals surface area contributed by atoms with E-state index in [4.69, 9.17) is 4.74 Å². The van der Waals surface area contributed by atoms with Gasteiger partial charge in [-0.3, -0.25) is 4.79 Å². The fourth-order valence-corrected chi connectivity index (χ4v) is 3.70. The molecule has 39 heavy (non-hydrogen) atoms. The van der Waals surface area contributed by atoms with Crippen LogP contribution in [0.5, 0.6) is 11.5 Å². The number of nitrogens with zero attached hydrogens (tertiary/aromatic N) is 4. The van der Waals surface area contributed by atoms with Crippen LogP contribution in [0.1, 0.15) is 10.4 Å². The molecule has 5 aromatic rings. The number of aromatic amines is 1. The molecule has 3 N–H and O–H groups in total. The van der Waals surface area contributed by atoms with Gasteiger partial charge in [0.1, 0.15) is 40.7 Å². The molecule has 0 saturated carbocycles. The molecule has 0 saturated heterocycles. The molecule has 0 unspecified atom stereocenters. The topological polar surface area (TPSA) is 127 Å². The molecule has 0 spiro atoms. The van der Waals surface area contributed by atoms with Gasteiger partial charge < -0.3 is 25.1 Å². The molecule has 0 aliphatic rings. The maximum absolute atomic E-state index is 14.6. The van der Waals surface area contributed by atoms with Crippen LogP contribution in [-0.2, 0) is 0 Å². The van der Waals surface area contributed by atoms with E-state index in [1.165, 1.54) is 38.0 Å². The van der Waals surface area contributed by atoms with Crippen molar-refractivity contribution in [2.24, 2.45) is 0 Å². The quantitative estimate of drug-likeness (QED) is 0.233. The number of pyridine rings is 1. The van der Waals surface area contributed by atoms with Crippen molar-refractivity contribution < 1.29 is 31.8 Å². The molecule has 1 amide bonds. The number of carbonyl (C=O) groups excluding carboxylic acids is 1. The number of H-pyrrole nitrogens is 1. The number of rotatable bonds is 7. The molecular weight excluding hydrogens is 522 g/mol. The van der Waals surface area contributed by atoms with Crippen LogP contribution in [0.15, 0.2) is 67.4 Å². The second kappa shape index (κ2) is 10.2. The number of amides is 1. The molecule has 3 aromatic heterocycles. The lowest BCUT2D eigenvalue weighted by molar-refractivity contribution is -0.274. The van der Waals surface area contributed by atoms with Crippen LogP contribution in [0.25, 0.3) is 22.4 Å². The summed E-state index contributed by atoms with van der Waals surface area (Å²) in [5, 5.41) is 5.43. The summed E-state index contributed by atoms with van der Waals surface area (Å²) in [4.78, 5) is 32.8. The van der Waals surface area contributed by atoms with Gasteiger partial charge in [-0.15, -0.1) is 13.2 Å². The number of alkyl halides is 3. The van der Waals surface area contributed by atoms with E-state index in [2.05, 4.69) is 40.3 Å². The predicted molar refractivity (Wildman–Crippen MR) is 132 cm³/mol. The van der Waals surface area contributed by atoms with Crippen molar-refractivity contribution in [1.82, 2.24) is 24.9 Å². The standard InChI is InChI=1S/C25H17F4N7O3/c1-38-15-7-13(8-16(10-15)39-25(27,28)29)24(37)36-19-9-14(4-5-18(19)26)35-22-17(3-2-6-30-22)20-21-23(33-11-31-20)34-12-32-21/h2-12H,1H3,(H,30,35)(H,36,37)(H,31,32,33,34). The number of fused-ring (bicyclic) bond motifs is 1. The highest BCUT2D eigenvalue weighted by Crippen LogP contribution is 2.32. The molecule has 10 nitrogen and oxygen atoms in total. The first kappa shape index (κ1) is 25.4. The average molecular weight is 539 g/mol. The molecule has 0 bridgehead atoms. The van der Waals surface area contributed by atoms with Crippen molar-refractivity contribution in [3.05, 3.63) is 78.8 Å². The van der Waals surface area contributed by atoms with E-state index < -0.39 is 23.8 Å². The lowest BCUT2D eigenvalue weighted by Crippen LogP contribution is -2.18. The Bertz CT molecular complexity index is 1670. The highest BCUT2D eigenvalue weighted by Gasteiger charge is 2.31. The van der Waals surface area contributed by atoms with Gasteiger partial charge in [0.15, 0.2) is 5.65 Å². The zero-order valence-corrected chi connectivity index (χ0v) is 19.9. The Morgan fingerprint density at radius 1 is 1.00 bits per heavy atom. The summed E-state index contributed by atoms with van der Waals surface area (Å²) in [6.45, 7) is 0. The lowest BCUT2D eigenvalue weighted by atomic mass is 10.1. The summed E-state index contributed by atoms with van der Waals surface area (Å²) in [6, 6.07) is 10.3. The third-order valence-corrected chi connectivity index (χ3v) is 5.37. The van der Waals surface area contributed by atoms with Crippen molar-refractivity contribution in [3.8, 4) is 22.8 Å². The van der Waals surface area contributed by atoms with Crippen molar-refractivity contribution in [2.45, 2.75) is 6.36 Å². The van der Waals surface area contributed by atoms with E-state index in [-0.39, 0.29) is 17.0 Å². The highest BCUT2D eigenvalue weighted by atomic mass is 19.4. The molecule has 0 aliphatic heterocycles. The number of ether oxygens (including phenoxy) is 2. The number of methoxy groups -OCH3 is 1. The van der Waals surface area contributed by atoms with Crippen LogP contribution in [0, 0.1) is 5.82 Å². The zero-order chi connectivity index (χ0) is 27.6. The largest absolute Gasteiger partial charge is 0.573 e. The number of hydrogen-bond acceptors (Lipinski definition) is 8. The zero-order valence-electron chi connectivity index (χ0n) is 19.9. The summed E-state index contributed by atoms with van der Waals surface area (Å²) >= 11 is 0. The number of nitrogens with one attached hydrogen (secondary N) is 3. The summed E-state index contributed by atoms with van der Waals surface area (Å²) < 4.78 is 61.6. The first-order valence-electron chi connectivity index (χ1n) is 11.1. The molecule has 198 valence electrons. The van der Waals surface area contributed by atoms with Gasteiger partial charge in [-0.2, -0.15) is 0 Å². The first-order chi connectivity index (χ1) is 18.7. The lowest BCUT2D eigenvalue weighted by Gasteiger charge is -2.14. The molecule has 3 heterocycles. The van der Waals surface area contributed by atoms with Gasteiger partial charge in [-0.05, 0) is 42.5 Å². The number of anilines is 3. The first-order valence-corrected chi connectivity index (χ1v) is 11.1. The molecule has 5 rings (SSSR count). The van der Waals surface area contributed by atoms with Crippen LogP contribution < -0.4 is 20.1 Å². The monoisotopic (exact) mass is 539 g/mol. The maximum atomic E-state index is 14.6. The Morgan fingerprint density at radius 3 is 2.62 bits per heavy atom. The average Bonchev–Trinajstić information content (AvgIpc) is 3.39. The molecule has 14 heteroatoms. The van der Waals surface area contributed by atoms with E-state index in [1.54, 1.807) is 18.3 Å². The molecule has 0 radical (unpaired) electrons. The van der Waals surface area contributed by atoms with Crippen LogP contribution in [0.2, 0.25) is 0 Å². The van der Waals surface area contributed by atoms with Gasteiger partial charge in [0.2, 0.25) is 0 Å². The van der Waals surface area contributed by atoms with Gasteiger partial charge in [0, 0.05) is 29.1 Å².